The summed E-state index contributed by atoms with van der Waals surface area (Å²) in [6, 6.07) is 28.2. The number of nitriles is 1. The molecule has 2 heterocycles. The lowest BCUT2D eigenvalue weighted by atomic mass is 10.1. The molecule has 3 aromatic carbocycles. The Balaban J connectivity index is 1.37. The number of benzene rings is 3. The molecule has 37 heavy (non-hydrogen) atoms. The quantitative estimate of drug-likeness (QED) is 0.273. The molecule has 0 atom stereocenters. The molecule has 2 fully saturated rings. The molecule has 2 aliphatic rings. The largest absolute Gasteiger partial charge is 0.342 e. The maximum absolute atomic E-state index is 13.7. The molecule has 1 saturated heterocycles. The number of carbonyl (C=O) groups excluding carboxylic acids is 1. The van der Waals surface area contributed by atoms with Gasteiger partial charge in [0, 0.05) is 35.2 Å². The summed E-state index contributed by atoms with van der Waals surface area (Å²) in [6.07, 6.45) is 8.50. The number of nitrogens with zero attached hydrogens (tertiary/aromatic N) is 4. The van der Waals surface area contributed by atoms with Crippen molar-refractivity contribution in [2.45, 2.75) is 38.3 Å². The van der Waals surface area contributed by atoms with Crippen LogP contribution in [0.2, 0.25) is 0 Å². The van der Waals surface area contributed by atoms with Crippen molar-refractivity contribution in [2.24, 2.45) is 4.99 Å². The highest BCUT2D eigenvalue weighted by atomic mass is 32.2. The predicted molar refractivity (Wildman–Crippen MR) is 150 cm³/mol. The number of aromatic nitrogens is 1. The van der Waals surface area contributed by atoms with Crippen LogP contribution in [0.1, 0.15) is 42.4 Å². The summed E-state index contributed by atoms with van der Waals surface area (Å²) in [5, 5.41) is 11.0. The van der Waals surface area contributed by atoms with Gasteiger partial charge in [-0.1, -0.05) is 61.4 Å². The normalized spacial score (nSPS) is 18.4. The lowest BCUT2D eigenvalue weighted by molar-refractivity contribution is -0.123. The van der Waals surface area contributed by atoms with Crippen LogP contribution in [0.4, 0.5) is 5.69 Å². The van der Waals surface area contributed by atoms with Crippen molar-refractivity contribution in [1.29, 1.82) is 5.26 Å². The van der Waals surface area contributed by atoms with Crippen LogP contribution in [0.25, 0.3) is 17.0 Å². The van der Waals surface area contributed by atoms with Crippen molar-refractivity contribution in [3.63, 3.8) is 0 Å². The van der Waals surface area contributed by atoms with Gasteiger partial charge in [0.2, 0.25) is 0 Å². The van der Waals surface area contributed by atoms with Gasteiger partial charge in [-0.3, -0.25) is 9.69 Å². The second kappa shape index (κ2) is 10.1. The minimum absolute atomic E-state index is 0.0514. The molecular weight excluding hydrogens is 476 g/mol. The third kappa shape index (κ3) is 4.71. The zero-order chi connectivity index (χ0) is 25.2. The van der Waals surface area contributed by atoms with Gasteiger partial charge >= 0.3 is 0 Å². The molecule has 1 saturated carbocycles. The van der Waals surface area contributed by atoms with Crippen molar-refractivity contribution in [1.82, 2.24) is 9.47 Å². The molecule has 1 amide bonds. The molecule has 4 aromatic rings. The van der Waals surface area contributed by atoms with Gasteiger partial charge in [0.1, 0.15) is 0 Å². The number of rotatable bonds is 5. The van der Waals surface area contributed by atoms with Gasteiger partial charge in [-0.2, -0.15) is 5.26 Å². The summed E-state index contributed by atoms with van der Waals surface area (Å²) >= 11 is 1.48. The lowest BCUT2D eigenvalue weighted by Gasteiger charge is -2.22. The minimum Gasteiger partial charge on any atom is -0.342 e. The van der Waals surface area contributed by atoms with E-state index in [4.69, 9.17) is 10.3 Å². The fourth-order valence-electron chi connectivity index (χ4n) is 5.21. The Labute approximate surface area is 220 Å². The molecule has 0 bridgehead atoms. The first-order valence-corrected chi connectivity index (χ1v) is 13.4. The molecule has 5 nitrogen and oxygen atoms in total. The second-order valence-corrected chi connectivity index (χ2v) is 10.5. The van der Waals surface area contributed by atoms with Crippen LogP contribution in [-0.4, -0.2) is 26.6 Å². The van der Waals surface area contributed by atoms with Gasteiger partial charge < -0.3 is 4.57 Å². The van der Waals surface area contributed by atoms with Crippen molar-refractivity contribution >= 4 is 45.5 Å². The number of hydrogen-bond donors (Lipinski definition) is 0. The highest BCUT2D eigenvalue weighted by Crippen LogP contribution is 2.39. The molecule has 1 aliphatic carbocycles. The molecule has 0 N–H and O–H groups in total. The predicted octanol–water partition coefficient (Wildman–Crippen LogP) is 7.11. The Morgan fingerprint density at radius 2 is 1.70 bits per heavy atom. The average molecular weight is 503 g/mol. The van der Waals surface area contributed by atoms with Crippen LogP contribution in [0.15, 0.2) is 95.0 Å². The Kier molecular flexibility index (Phi) is 6.38. The summed E-state index contributed by atoms with van der Waals surface area (Å²) in [6.45, 7) is 0.686. The summed E-state index contributed by atoms with van der Waals surface area (Å²) in [4.78, 5) is 21.2. The third-order valence-corrected chi connectivity index (χ3v) is 8.03. The number of amides is 1. The van der Waals surface area contributed by atoms with E-state index in [2.05, 4.69) is 29.0 Å². The van der Waals surface area contributed by atoms with Gasteiger partial charge in [0.05, 0.1) is 22.2 Å². The van der Waals surface area contributed by atoms with Crippen LogP contribution in [0, 0.1) is 11.3 Å². The number of aliphatic imine (C=N–C) groups is 1. The van der Waals surface area contributed by atoms with Crippen molar-refractivity contribution < 1.29 is 4.79 Å². The SMILES string of the molecule is N#Cc1ccc(Cn2cc(/C=C3\SC(=Nc4ccccc4)N(C4CCCC4)C3=O)c3ccccc32)cc1. The summed E-state index contributed by atoms with van der Waals surface area (Å²) < 4.78 is 2.21. The Hall–Kier alpha value is -4.08. The first-order chi connectivity index (χ1) is 18.2. The van der Waals surface area contributed by atoms with E-state index < -0.39 is 0 Å². The highest BCUT2D eigenvalue weighted by Gasteiger charge is 2.39. The van der Waals surface area contributed by atoms with Crippen molar-refractivity contribution in [2.75, 3.05) is 0 Å². The van der Waals surface area contributed by atoms with Gasteiger partial charge in [0.15, 0.2) is 5.17 Å². The fraction of sp³-hybridized carbons (Fsp3) is 0.194. The average Bonchev–Trinajstić information content (AvgIpc) is 3.65. The summed E-state index contributed by atoms with van der Waals surface area (Å²) in [5.74, 6) is 0.0514. The van der Waals surface area contributed by atoms with Gasteiger partial charge in [-0.25, -0.2) is 4.99 Å². The standard InChI is InChI=1S/C31H26N4OS/c32-19-22-14-16-23(17-15-22)20-34-21-24(27-12-6-7-13-28(27)34)18-29-30(36)35(26-10-4-5-11-26)31(37-29)33-25-8-2-1-3-9-25/h1-3,6-9,12-18,21,26H,4-5,10-11,20H2/b29-18-,33-31?. The van der Waals surface area contributed by atoms with E-state index in [1.165, 1.54) is 11.8 Å². The van der Waals surface area contributed by atoms with Gasteiger partial charge in [0.25, 0.3) is 5.91 Å². The molecule has 1 aromatic heterocycles. The lowest BCUT2D eigenvalue weighted by Crippen LogP contribution is -2.37. The van der Waals surface area contributed by atoms with Gasteiger partial charge in [-0.15, -0.1) is 0 Å². The van der Waals surface area contributed by atoms with Crippen molar-refractivity contribution in [3.8, 4) is 6.07 Å². The maximum atomic E-state index is 13.7. The molecule has 0 radical (unpaired) electrons. The number of thioether (sulfide) groups is 1. The molecule has 0 spiro atoms. The second-order valence-electron chi connectivity index (χ2n) is 9.49. The Morgan fingerprint density at radius 1 is 0.973 bits per heavy atom. The zero-order valence-electron chi connectivity index (χ0n) is 20.4. The van der Waals surface area contributed by atoms with E-state index >= 15 is 0 Å². The number of carbonyl (C=O) groups is 1. The molecule has 6 rings (SSSR count). The van der Waals surface area contributed by atoms with Crippen LogP contribution in [-0.2, 0) is 11.3 Å². The Morgan fingerprint density at radius 3 is 2.46 bits per heavy atom. The monoisotopic (exact) mass is 502 g/mol. The first kappa shape index (κ1) is 23.3. The van der Waals surface area contributed by atoms with Crippen molar-refractivity contribution in [3.05, 3.63) is 107 Å². The molecule has 0 unspecified atom stereocenters. The van der Waals surface area contributed by atoms with Crippen LogP contribution in [0.3, 0.4) is 0 Å². The van der Waals surface area contributed by atoms with E-state index in [1.807, 2.05) is 77.7 Å². The fourth-order valence-corrected chi connectivity index (χ4v) is 6.26. The number of hydrogen-bond acceptors (Lipinski definition) is 4. The topological polar surface area (TPSA) is 61.4 Å². The number of amidine groups is 1. The summed E-state index contributed by atoms with van der Waals surface area (Å²) in [7, 11) is 0. The van der Waals surface area contributed by atoms with Crippen LogP contribution < -0.4 is 0 Å². The smallest absolute Gasteiger partial charge is 0.267 e. The molecule has 1 aliphatic heterocycles. The summed E-state index contributed by atoms with van der Waals surface area (Å²) in [5.41, 5.74) is 4.77. The number of para-hydroxylation sites is 2. The Bertz CT molecular complexity index is 1550. The zero-order valence-corrected chi connectivity index (χ0v) is 21.2. The molecule has 6 heteroatoms. The molecular formula is C31H26N4OS. The van der Waals surface area contributed by atoms with E-state index in [0.29, 0.717) is 17.0 Å². The van der Waals surface area contributed by atoms with Crippen LogP contribution in [0.5, 0.6) is 0 Å². The highest BCUT2D eigenvalue weighted by molar-refractivity contribution is 8.18. The van der Waals surface area contributed by atoms with E-state index in [9.17, 15) is 4.79 Å². The minimum atomic E-state index is 0.0514. The first-order valence-electron chi connectivity index (χ1n) is 12.6. The maximum Gasteiger partial charge on any atom is 0.267 e. The molecule has 182 valence electrons. The van der Waals surface area contributed by atoms with E-state index in [-0.39, 0.29) is 11.9 Å². The third-order valence-electron chi connectivity index (χ3n) is 7.05. The van der Waals surface area contributed by atoms with E-state index in [1.54, 1.807) is 0 Å². The van der Waals surface area contributed by atoms with Gasteiger partial charge in [-0.05, 0) is 66.6 Å². The number of fused-ring (bicyclic) bond motifs is 1. The van der Waals surface area contributed by atoms with E-state index in [0.717, 1.165) is 58.6 Å². The van der Waals surface area contributed by atoms with Crippen LogP contribution >= 0.6 is 11.8 Å².